The van der Waals surface area contributed by atoms with Gasteiger partial charge in [-0.15, -0.1) is 0 Å². The first-order valence-corrected chi connectivity index (χ1v) is 7.95. The lowest BCUT2D eigenvalue weighted by Crippen LogP contribution is -2.27. The van der Waals surface area contributed by atoms with Crippen LogP contribution in [-0.4, -0.2) is 35.2 Å². The van der Waals surface area contributed by atoms with Gasteiger partial charge in [-0.05, 0) is 24.2 Å². The van der Waals surface area contributed by atoms with Crippen LogP contribution in [0, 0.1) is 5.82 Å². The molecular weight excluding hydrogens is 307 g/mol. The van der Waals surface area contributed by atoms with Gasteiger partial charge in [-0.1, -0.05) is 18.5 Å². The van der Waals surface area contributed by atoms with Crippen molar-refractivity contribution in [3.63, 3.8) is 0 Å². The van der Waals surface area contributed by atoms with E-state index in [4.69, 9.17) is 16.3 Å². The summed E-state index contributed by atoms with van der Waals surface area (Å²) in [5.41, 5.74) is 0.403. The highest BCUT2D eigenvalue weighted by atomic mass is 35.5. The van der Waals surface area contributed by atoms with Crippen LogP contribution < -0.4 is 10.0 Å². The molecule has 0 atom stereocenters. The molecule has 0 unspecified atom stereocenters. The third-order valence-electron chi connectivity index (χ3n) is 2.55. The van der Waals surface area contributed by atoms with E-state index in [2.05, 4.69) is 10.0 Å². The van der Waals surface area contributed by atoms with Gasteiger partial charge in [0.2, 0.25) is 10.0 Å². The average molecular weight is 325 g/mol. The van der Waals surface area contributed by atoms with Gasteiger partial charge in [0.1, 0.15) is 5.82 Å². The fraction of sp³-hybridized carbons (Fsp3) is 0.500. The van der Waals surface area contributed by atoms with Gasteiger partial charge in [0.25, 0.3) is 0 Å². The van der Waals surface area contributed by atoms with Crippen LogP contribution >= 0.6 is 11.6 Å². The van der Waals surface area contributed by atoms with Crippen LogP contribution in [-0.2, 0) is 21.3 Å². The summed E-state index contributed by atoms with van der Waals surface area (Å²) in [4.78, 5) is -0.150. The number of rotatable bonds is 8. The molecule has 0 aliphatic heterocycles. The highest BCUT2D eigenvalue weighted by Gasteiger charge is 2.18. The number of ether oxygens (including phenoxy) is 1. The first-order chi connectivity index (χ1) is 9.42. The maximum atomic E-state index is 13.7. The van der Waals surface area contributed by atoms with E-state index in [0.717, 1.165) is 6.07 Å². The summed E-state index contributed by atoms with van der Waals surface area (Å²) in [5.74, 6) is -0.755. The van der Waals surface area contributed by atoms with Crippen molar-refractivity contribution >= 4 is 21.6 Å². The summed E-state index contributed by atoms with van der Waals surface area (Å²) in [6.07, 6.45) is 0. The molecule has 0 amide bonds. The van der Waals surface area contributed by atoms with E-state index in [9.17, 15) is 12.8 Å². The zero-order valence-electron chi connectivity index (χ0n) is 11.4. The SMILES string of the molecule is CCNCc1cc(S(=O)(=O)NCCOC)cc(F)c1Cl. The predicted molar refractivity (Wildman–Crippen MR) is 75.9 cm³/mol. The zero-order valence-corrected chi connectivity index (χ0v) is 12.9. The van der Waals surface area contributed by atoms with E-state index in [1.54, 1.807) is 0 Å². The lowest BCUT2D eigenvalue weighted by Gasteiger charge is -2.11. The first-order valence-electron chi connectivity index (χ1n) is 6.09. The number of hydrogen-bond donors (Lipinski definition) is 2. The molecule has 0 spiro atoms. The van der Waals surface area contributed by atoms with Crippen molar-refractivity contribution in [1.29, 1.82) is 0 Å². The molecule has 5 nitrogen and oxygen atoms in total. The number of benzene rings is 1. The van der Waals surface area contributed by atoms with Crippen molar-refractivity contribution in [2.45, 2.75) is 18.4 Å². The van der Waals surface area contributed by atoms with Crippen LogP contribution in [0.25, 0.3) is 0 Å². The molecule has 0 aliphatic carbocycles. The van der Waals surface area contributed by atoms with Crippen LogP contribution in [0.1, 0.15) is 12.5 Å². The smallest absolute Gasteiger partial charge is 0.240 e. The van der Waals surface area contributed by atoms with Crippen molar-refractivity contribution in [2.24, 2.45) is 0 Å². The molecule has 1 rings (SSSR count). The summed E-state index contributed by atoms with van der Waals surface area (Å²) in [7, 11) is -2.31. The molecule has 0 saturated heterocycles. The topological polar surface area (TPSA) is 67.4 Å². The number of sulfonamides is 1. The van der Waals surface area contributed by atoms with Crippen molar-refractivity contribution in [3.05, 3.63) is 28.5 Å². The van der Waals surface area contributed by atoms with Gasteiger partial charge in [-0.3, -0.25) is 0 Å². The average Bonchev–Trinajstić information content (AvgIpc) is 2.40. The Morgan fingerprint density at radius 2 is 2.10 bits per heavy atom. The Hall–Kier alpha value is -0.730. The van der Waals surface area contributed by atoms with Crippen LogP contribution in [0.5, 0.6) is 0 Å². The lowest BCUT2D eigenvalue weighted by molar-refractivity contribution is 0.204. The minimum Gasteiger partial charge on any atom is -0.383 e. The van der Waals surface area contributed by atoms with Crippen LogP contribution in [0.2, 0.25) is 5.02 Å². The molecule has 0 saturated carbocycles. The van der Waals surface area contributed by atoms with Gasteiger partial charge in [0.15, 0.2) is 0 Å². The van der Waals surface area contributed by atoms with E-state index < -0.39 is 15.8 Å². The van der Waals surface area contributed by atoms with Crippen LogP contribution in [0.4, 0.5) is 4.39 Å². The number of methoxy groups -OCH3 is 1. The molecule has 0 fully saturated rings. The largest absolute Gasteiger partial charge is 0.383 e. The molecule has 114 valence electrons. The van der Waals surface area contributed by atoms with Gasteiger partial charge >= 0.3 is 0 Å². The minimum absolute atomic E-state index is 0.0678. The van der Waals surface area contributed by atoms with E-state index >= 15 is 0 Å². The minimum atomic E-state index is -3.78. The second kappa shape index (κ2) is 7.90. The number of hydrogen-bond acceptors (Lipinski definition) is 4. The fourth-order valence-electron chi connectivity index (χ4n) is 1.52. The molecule has 0 aliphatic rings. The quantitative estimate of drug-likeness (QED) is 0.711. The monoisotopic (exact) mass is 324 g/mol. The molecular formula is C12H18ClFN2O3S. The van der Waals surface area contributed by atoms with Gasteiger partial charge in [-0.25, -0.2) is 17.5 Å². The highest BCUT2D eigenvalue weighted by Crippen LogP contribution is 2.24. The fourth-order valence-corrected chi connectivity index (χ4v) is 2.77. The predicted octanol–water partition coefficient (Wildman–Crippen LogP) is 1.51. The molecule has 2 N–H and O–H groups in total. The summed E-state index contributed by atoms with van der Waals surface area (Å²) >= 11 is 5.83. The van der Waals surface area contributed by atoms with Crippen molar-refractivity contribution in [3.8, 4) is 0 Å². The molecule has 0 radical (unpaired) electrons. The van der Waals surface area contributed by atoms with E-state index in [1.165, 1.54) is 13.2 Å². The second-order valence-electron chi connectivity index (χ2n) is 4.05. The highest BCUT2D eigenvalue weighted by molar-refractivity contribution is 7.89. The van der Waals surface area contributed by atoms with Crippen LogP contribution in [0.3, 0.4) is 0 Å². The van der Waals surface area contributed by atoms with Gasteiger partial charge in [-0.2, -0.15) is 0 Å². The summed E-state index contributed by atoms with van der Waals surface area (Å²) in [5, 5.41) is 2.91. The van der Waals surface area contributed by atoms with E-state index in [0.29, 0.717) is 18.7 Å². The Balaban J connectivity index is 3.03. The summed E-state index contributed by atoms with van der Waals surface area (Å²) in [6, 6.07) is 2.27. The maximum absolute atomic E-state index is 13.7. The number of nitrogens with one attached hydrogen (secondary N) is 2. The molecule has 0 aromatic heterocycles. The second-order valence-corrected chi connectivity index (χ2v) is 6.19. The molecule has 0 bridgehead atoms. The molecule has 1 aromatic carbocycles. The summed E-state index contributed by atoms with van der Waals surface area (Å²) < 4.78 is 44.8. The van der Waals surface area contributed by atoms with Crippen molar-refractivity contribution in [2.75, 3.05) is 26.8 Å². The Kier molecular flexibility index (Phi) is 6.84. The van der Waals surface area contributed by atoms with Gasteiger partial charge in [0, 0.05) is 20.2 Å². The summed E-state index contributed by atoms with van der Waals surface area (Å²) in [6.45, 7) is 3.21. The molecule has 0 heterocycles. The lowest BCUT2D eigenvalue weighted by atomic mass is 10.2. The Morgan fingerprint density at radius 3 is 2.70 bits per heavy atom. The van der Waals surface area contributed by atoms with Gasteiger partial charge < -0.3 is 10.1 Å². The van der Waals surface area contributed by atoms with E-state index in [-0.39, 0.29) is 23.1 Å². The maximum Gasteiger partial charge on any atom is 0.240 e. The number of halogens is 2. The Labute approximate surface area is 123 Å². The Morgan fingerprint density at radius 1 is 1.40 bits per heavy atom. The zero-order chi connectivity index (χ0) is 15.2. The Bertz CT molecular complexity index is 552. The molecule has 20 heavy (non-hydrogen) atoms. The van der Waals surface area contributed by atoms with Crippen molar-refractivity contribution < 1.29 is 17.5 Å². The molecule has 1 aromatic rings. The van der Waals surface area contributed by atoms with Crippen molar-refractivity contribution in [1.82, 2.24) is 10.0 Å². The standard InChI is InChI=1S/C12H18ClFN2O3S/c1-3-15-8-9-6-10(7-11(14)12(9)13)20(17,18)16-4-5-19-2/h6-7,15-16H,3-5,8H2,1-2H3. The third-order valence-corrected chi connectivity index (χ3v) is 4.41. The van der Waals surface area contributed by atoms with Crippen LogP contribution in [0.15, 0.2) is 17.0 Å². The first kappa shape index (κ1) is 17.3. The van der Waals surface area contributed by atoms with E-state index in [1.807, 2.05) is 6.92 Å². The third kappa shape index (κ3) is 4.68. The normalized spacial score (nSPS) is 11.8. The molecule has 8 heteroatoms. The van der Waals surface area contributed by atoms with Gasteiger partial charge in [0.05, 0.1) is 16.5 Å².